The zero-order valence-corrected chi connectivity index (χ0v) is 12.1. The van der Waals surface area contributed by atoms with Crippen LogP contribution in [0.2, 0.25) is 0 Å². The Morgan fingerprint density at radius 3 is 2.74 bits per heavy atom. The summed E-state index contributed by atoms with van der Waals surface area (Å²) in [5.74, 6) is 1.75. The Bertz CT molecular complexity index is 403. The highest BCUT2D eigenvalue weighted by Gasteiger charge is 2.17. The molecule has 0 radical (unpaired) electrons. The van der Waals surface area contributed by atoms with Crippen molar-refractivity contribution in [3.05, 3.63) is 18.2 Å². The number of hydrogen-bond acceptors (Lipinski definition) is 4. The first-order chi connectivity index (χ1) is 9.24. The van der Waals surface area contributed by atoms with Crippen LogP contribution in [-0.4, -0.2) is 40.4 Å². The van der Waals surface area contributed by atoms with Crippen LogP contribution in [0.1, 0.15) is 19.3 Å². The molecule has 2 rings (SSSR count). The molecule has 1 fully saturated rings. The molecular formula is C15H24N2O2. The van der Waals surface area contributed by atoms with E-state index in [4.69, 9.17) is 9.47 Å². The van der Waals surface area contributed by atoms with Crippen molar-refractivity contribution < 1.29 is 9.47 Å². The molecule has 1 atom stereocenters. The van der Waals surface area contributed by atoms with Gasteiger partial charge in [-0.25, -0.2) is 0 Å². The Kier molecular flexibility index (Phi) is 4.91. The van der Waals surface area contributed by atoms with E-state index in [-0.39, 0.29) is 0 Å². The zero-order valence-electron chi connectivity index (χ0n) is 12.1. The third kappa shape index (κ3) is 3.53. The minimum absolute atomic E-state index is 0.564. The number of nitrogens with zero attached hydrogens (tertiary/aromatic N) is 1. The van der Waals surface area contributed by atoms with Gasteiger partial charge in [0.1, 0.15) is 11.5 Å². The second-order valence-electron chi connectivity index (χ2n) is 5.07. The number of rotatable bonds is 5. The van der Waals surface area contributed by atoms with Crippen LogP contribution in [0, 0.1) is 0 Å². The van der Waals surface area contributed by atoms with Gasteiger partial charge >= 0.3 is 0 Å². The lowest BCUT2D eigenvalue weighted by atomic mass is 10.0. The van der Waals surface area contributed by atoms with Gasteiger partial charge in [0, 0.05) is 25.7 Å². The molecule has 1 aromatic carbocycles. The van der Waals surface area contributed by atoms with Crippen molar-refractivity contribution in [3.63, 3.8) is 0 Å². The maximum atomic E-state index is 5.44. The molecule has 0 bridgehead atoms. The highest BCUT2D eigenvalue weighted by Crippen LogP contribution is 2.31. The summed E-state index contributed by atoms with van der Waals surface area (Å²) in [4.78, 5) is 2.24. The van der Waals surface area contributed by atoms with Gasteiger partial charge in [-0.15, -0.1) is 0 Å². The lowest BCUT2D eigenvalue weighted by Gasteiger charge is -2.30. The molecule has 1 aliphatic heterocycles. The Labute approximate surface area is 115 Å². The molecule has 1 saturated heterocycles. The Hall–Kier alpha value is -1.42. The maximum absolute atomic E-state index is 5.44. The number of ether oxygens (including phenoxy) is 2. The summed E-state index contributed by atoms with van der Waals surface area (Å²) in [5.41, 5.74) is 1.08. The molecule has 1 unspecified atom stereocenters. The van der Waals surface area contributed by atoms with Gasteiger partial charge in [0.05, 0.1) is 19.9 Å². The van der Waals surface area contributed by atoms with Gasteiger partial charge < -0.3 is 19.7 Å². The first-order valence-corrected chi connectivity index (χ1v) is 6.91. The normalized spacial score (nSPS) is 19.0. The minimum Gasteiger partial charge on any atom is -0.497 e. The monoisotopic (exact) mass is 264 g/mol. The molecule has 1 N–H and O–H groups in total. The van der Waals surface area contributed by atoms with Crippen molar-refractivity contribution in [3.8, 4) is 11.5 Å². The van der Waals surface area contributed by atoms with Gasteiger partial charge in [0.2, 0.25) is 0 Å². The molecule has 0 aliphatic carbocycles. The van der Waals surface area contributed by atoms with Crippen molar-refractivity contribution in [2.45, 2.75) is 25.3 Å². The molecule has 106 valence electrons. The topological polar surface area (TPSA) is 33.7 Å². The molecule has 0 aromatic heterocycles. The van der Waals surface area contributed by atoms with Crippen molar-refractivity contribution in [2.75, 3.05) is 39.3 Å². The van der Waals surface area contributed by atoms with Crippen LogP contribution in [0.25, 0.3) is 0 Å². The lowest BCUT2D eigenvalue weighted by molar-refractivity contribution is 0.393. The van der Waals surface area contributed by atoms with Gasteiger partial charge in [-0.1, -0.05) is 6.42 Å². The fourth-order valence-electron chi connectivity index (χ4n) is 2.60. The number of nitrogens with one attached hydrogen (secondary N) is 1. The fourth-order valence-corrected chi connectivity index (χ4v) is 2.60. The third-order valence-corrected chi connectivity index (χ3v) is 3.70. The van der Waals surface area contributed by atoms with Crippen molar-refractivity contribution >= 4 is 5.69 Å². The van der Waals surface area contributed by atoms with Crippen LogP contribution < -0.4 is 19.7 Å². The predicted octanol–water partition coefficient (Wildman–Crippen LogP) is 2.28. The number of piperidine rings is 1. The second kappa shape index (κ2) is 6.66. The van der Waals surface area contributed by atoms with Crippen LogP contribution >= 0.6 is 0 Å². The Balaban J connectivity index is 2.09. The fraction of sp³-hybridized carbons (Fsp3) is 0.600. The smallest absolute Gasteiger partial charge is 0.142 e. The first kappa shape index (κ1) is 14.0. The summed E-state index contributed by atoms with van der Waals surface area (Å²) in [6.07, 6.45) is 3.86. The SMILES string of the molecule is COc1ccc(OC)c(N(C)CC2CCCCN2)c1. The summed E-state index contributed by atoms with van der Waals surface area (Å²) in [6.45, 7) is 2.12. The van der Waals surface area contributed by atoms with Gasteiger partial charge in [0.25, 0.3) is 0 Å². The van der Waals surface area contributed by atoms with E-state index in [0.29, 0.717) is 6.04 Å². The number of anilines is 1. The third-order valence-electron chi connectivity index (χ3n) is 3.70. The van der Waals surface area contributed by atoms with Crippen LogP contribution in [0.4, 0.5) is 5.69 Å². The highest BCUT2D eigenvalue weighted by molar-refractivity contribution is 5.61. The largest absolute Gasteiger partial charge is 0.497 e. The lowest BCUT2D eigenvalue weighted by Crippen LogP contribution is -2.42. The van der Waals surface area contributed by atoms with Crippen LogP contribution in [0.15, 0.2) is 18.2 Å². The van der Waals surface area contributed by atoms with Crippen molar-refractivity contribution in [2.24, 2.45) is 0 Å². The van der Waals surface area contributed by atoms with E-state index in [2.05, 4.69) is 17.3 Å². The van der Waals surface area contributed by atoms with Gasteiger partial charge in [-0.2, -0.15) is 0 Å². The molecule has 1 aliphatic rings. The van der Waals surface area contributed by atoms with Gasteiger partial charge in [-0.3, -0.25) is 0 Å². The van der Waals surface area contributed by atoms with Crippen LogP contribution in [-0.2, 0) is 0 Å². The molecular weight excluding hydrogens is 240 g/mol. The van der Waals surface area contributed by atoms with E-state index in [0.717, 1.165) is 30.3 Å². The molecule has 1 aromatic rings. The van der Waals surface area contributed by atoms with Crippen molar-refractivity contribution in [1.29, 1.82) is 0 Å². The molecule has 0 amide bonds. The van der Waals surface area contributed by atoms with E-state index in [1.807, 2.05) is 18.2 Å². The first-order valence-electron chi connectivity index (χ1n) is 6.91. The summed E-state index contributed by atoms with van der Waals surface area (Å²) in [6, 6.07) is 6.48. The standard InChI is InChI=1S/C15H24N2O2/c1-17(11-12-6-4-5-9-16-12)14-10-13(18-2)7-8-15(14)19-3/h7-8,10,12,16H,4-6,9,11H2,1-3H3. The molecule has 0 spiro atoms. The summed E-state index contributed by atoms with van der Waals surface area (Å²) in [5, 5.41) is 3.57. The molecule has 1 heterocycles. The Morgan fingerprint density at radius 2 is 2.11 bits per heavy atom. The highest BCUT2D eigenvalue weighted by atomic mass is 16.5. The average molecular weight is 264 g/mol. The van der Waals surface area contributed by atoms with Gasteiger partial charge in [-0.05, 0) is 31.5 Å². The summed E-state index contributed by atoms with van der Waals surface area (Å²) in [7, 11) is 5.50. The number of methoxy groups -OCH3 is 2. The predicted molar refractivity (Wildman–Crippen MR) is 78.5 cm³/mol. The number of likely N-dealkylation sites (N-methyl/N-ethyl adjacent to an activating group) is 1. The zero-order chi connectivity index (χ0) is 13.7. The summed E-state index contributed by atoms with van der Waals surface area (Å²) >= 11 is 0. The number of benzene rings is 1. The molecule has 0 saturated carbocycles. The van der Waals surface area contributed by atoms with E-state index >= 15 is 0 Å². The molecule has 19 heavy (non-hydrogen) atoms. The van der Waals surface area contributed by atoms with E-state index in [9.17, 15) is 0 Å². The summed E-state index contributed by atoms with van der Waals surface area (Å²) < 4.78 is 10.7. The second-order valence-corrected chi connectivity index (χ2v) is 5.07. The molecule has 4 heteroatoms. The van der Waals surface area contributed by atoms with Crippen molar-refractivity contribution in [1.82, 2.24) is 5.32 Å². The van der Waals surface area contributed by atoms with E-state index in [1.54, 1.807) is 14.2 Å². The maximum Gasteiger partial charge on any atom is 0.142 e. The average Bonchev–Trinajstić information content (AvgIpc) is 2.47. The van der Waals surface area contributed by atoms with E-state index in [1.165, 1.54) is 19.3 Å². The van der Waals surface area contributed by atoms with Crippen LogP contribution in [0.5, 0.6) is 11.5 Å². The minimum atomic E-state index is 0.564. The quantitative estimate of drug-likeness (QED) is 0.884. The van der Waals surface area contributed by atoms with Crippen LogP contribution in [0.3, 0.4) is 0 Å². The van der Waals surface area contributed by atoms with Gasteiger partial charge in [0.15, 0.2) is 0 Å². The Morgan fingerprint density at radius 1 is 1.26 bits per heavy atom. The van der Waals surface area contributed by atoms with E-state index < -0.39 is 0 Å². The molecule has 4 nitrogen and oxygen atoms in total. The number of hydrogen-bond donors (Lipinski definition) is 1.